The number of halogens is 1. The van der Waals surface area contributed by atoms with Gasteiger partial charge in [-0.1, -0.05) is 0 Å². The van der Waals surface area contributed by atoms with Crippen molar-refractivity contribution in [2.45, 2.75) is 25.2 Å². The third-order valence-electron chi connectivity index (χ3n) is 3.56. The molecule has 0 amide bonds. The van der Waals surface area contributed by atoms with Crippen LogP contribution in [0.3, 0.4) is 0 Å². The maximum absolute atomic E-state index is 5.92. The van der Waals surface area contributed by atoms with Gasteiger partial charge in [0.05, 0.1) is 0 Å². The molecule has 0 spiro atoms. The number of anilines is 1. The summed E-state index contributed by atoms with van der Waals surface area (Å²) in [5.74, 6) is 1.06. The minimum absolute atomic E-state index is 0.523. The van der Waals surface area contributed by atoms with Crippen molar-refractivity contribution in [3.05, 3.63) is 22.6 Å². The molecule has 1 fully saturated rings. The predicted molar refractivity (Wildman–Crippen MR) is 74.6 cm³/mol. The van der Waals surface area contributed by atoms with Gasteiger partial charge in [-0.3, -0.25) is 0 Å². The Bertz CT molecular complexity index is 557. The summed E-state index contributed by atoms with van der Waals surface area (Å²) in [7, 11) is 0. The average Bonchev–Trinajstić information content (AvgIpc) is 2.56. The molecule has 3 heterocycles. The van der Waals surface area contributed by atoms with Crippen molar-refractivity contribution in [1.82, 2.24) is 19.9 Å². The van der Waals surface area contributed by atoms with Gasteiger partial charge in [-0.05, 0) is 54.3 Å². The van der Waals surface area contributed by atoms with Crippen LogP contribution in [0.4, 0.5) is 5.82 Å². The van der Waals surface area contributed by atoms with Crippen LogP contribution in [0.2, 0.25) is 0 Å². The molecule has 3 rings (SSSR count). The van der Waals surface area contributed by atoms with Crippen molar-refractivity contribution in [3.63, 3.8) is 0 Å². The van der Waals surface area contributed by atoms with Gasteiger partial charge >= 0.3 is 0 Å². The lowest BCUT2D eigenvalue weighted by molar-refractivity contribution is 0.578. The van der Waals surface area contributed by atoms with Crippen molar-refractivity contribution in [2.24, 2.45) is 0 Å². The topological polar surface area (TPSA) is 68.2 Å². The molecular formula is C12H16BrN5. The lowest BCUT2D eigenvalue weighted by atomic mass is 9.97. The summed E-state index contributed by atoms with van der Waals surface area (Å²) in [4.78, 5) is 4.05. The van der Waals surface area contributed by atoms with Gasteiger partial charge in [0.25, 0.3) is 0 Å². The second-order valence-electron chi connectivity index (χ2n) is 4.70. The van der Waals surface area contributed by atoms with Gasteiger partial charge < -0.3 is 11.1 Å². The largest absolute Gasteiger partial charge is 0.382 e. The van der Waals surface area contributed by atoms with Gasteiger partial charge in [0.15, 0.2) is 5.82 Å². The summed E-state index contributed by atoms with van der Waals surface area (Å²) in [5.41, 5.74) is 8.03. The predicted octanol–water partition coefficient (Wildman–Crippen LogP) is 1.93. The summed E-state index contributed by atoms with van der Waals surface area (Å²) in [6.45, 7) is 2.17. The fraction of sp³-hybridized carbons (Fsp3) is 0.500. The molecular weight excluding hydrogens is 294 g/mol. The number of fused-ring (bicyclic) bond motifs is 1. The lowest BCUT2D eigenvalue weighted by Gasteiger charge is -2.13. The van der Waals surface area contributed by atoms with Crippen LogP contribution in [0.25, 0.3) is 5.52 Å². The van der Waals surface area contributed by atoms with Crippen LogP contribution >= 0.6 is 15.9 Å². The first-order valence-electron chi connectivity index (χ1n) is 6.25. The molecule has 1 aliphatic heterocycles. The smallest absolute Gasteiger partial charge is 0.152 e. The van der Waals surface area contributed by atoms with E-state index in [4.69, 9.17) is 5.73 Å². The molecule has 0 aliphatic carbocycles. The Morgan fingerprint density at radius 1 is 1.39 bits per heavy atom. The second-order valence-corrected chi connectivity index (χ2v) is 5.55. The molecule has 3 N–H and O–H groups in total. The molecule has 0 aromatic carbocycles. The maximum atomic E-state index is 5.92. The number of rotatable bonds is 1. The summed E-state index contributed by atoms with van der Waals surface area (Å²) in [5, 5.41) is 7.78. The van der Waals surface area contributed by atoms with Crippen molar-refractivity contribution in [2.75, 3.05) is 18.8 Å². The molecule has 1 aliphatic rings. The number of nitrogens with two attached hydrogens (primary N) is 1. The van der Waals surface area contributed by atoms with E-state index < -0.39 is 0 Å². The number of nitrogens with zero attached hydrogens (tertiary/aromatic N) is 3. The molecule has 1 saturated heterocycles. The summed E-state index contributed by atoms with van der Waals surface area (Å²) in [6, 6.07) is 2.14. The summed E-state index contributed by atoms with van der Waals surface area (Å²) < 4.78 is 2.91. The molecule has 2 aromatic rings. The first-order valence-corrected chi connectivity index (χ1v) is 7.05. The Hall–Kier alpha value is -1.14. The maximum Gasteiger partial charge on any atom is 0.152 e. The van der Waals surface area contributed by atoms with Crippen LogP contribution in [0.5, 0.6) is 0 Å². The summed E-state index contributed by atoms with van der Waals surface area (Å²) in [6.07, 6.45) is 5.06. The van der Waals surface area contributed by atoms with E-state index in [1.807, 2.05) is 4.52 Å². The Morgan fingerprint density at radius 3 is 3.17 bits per heavy atom. The van der Waals surface area contributed by atoms with Crippen molar-refractivity contribution in [3.8, 4) is 0 Å². The van der Waals surface area contributed by atoms with Crippen molar-refractivity contribution < 1.29 is 0 Å². The van der Waals surface area contributed by atoms with Crippen molar-refractivity contribution in [1.29, 1.82) is 0 Å². The molecule has 18 heavy (non-hydrogen) atoms. The number of aromatic nitrogens is 3. The minimum Gasteiger partial charge on any atom is -0.382 e. The molecule has 0 saturated carbocycles. The van der Waals surface area contributed by atoms with E-state index in [0.29, 0.717) is 11.7 Å². The molecule has 2 aromatic heterocycles. The molecule has 5 nitrogen and oxygen atoms in total. The highest BCUT2D eigenvalue weighted by Gasteiger charge is 2.20. The SMILES string of the molecule is Nc1ncnn2c(C3CCCNCC3)cc(Br)c12. The number of nitrogen functional groups attached to an aromatic ring is 1. The highest BCUT2D eigenvalue weighted by atomic mass is 79.9. The van der Waals surface area contributed by atoms with E-state index in [1.165, 1.54) is 24.9 Å². The summed E-state index contributed by atoms with van der Waals surface area (Å²) >= 11 is 3.56. The van der Waals surface area contributed by atoms with E-state index in [9.17, 15) is 0 Å². The Kier molecular flexibility index (Phi) is 3.22. The monoisotopic (exact) mass is 309 g/mol. The minimum atomic E-state index is 0.523. The van der Waals surface area contributed by atoms with Gasteiger partial charge in [0.1, 0.15) is 11.8 Å². The Balaban J connectivity index is 2.08. The molecule has 6 heteroatoms. The van der Waals surface area contributed by atoms with Crippen LogP contribution < -0.4 is 11.1 Å². The van der Waals surface area contributed by atoms with Crippen LogP contribution in [0.1, 0.15) is 30.9 Å². The quantitative estimate of drug-likeness (QED) is 0.844. The third-order valence-corrected chi connectivity index (χ3v) is 4.16. The Morgan fingerprint density at radius 2 is 2.28 bits per heavy atom. The van der Waals surface area contributed by atoms with E-state index in [0.717, 1.165) is 29.5 Å². The van der Waals surface area contributed by atoms with Gasteiger partial charge in [-0.2, -0.15) is 5.10 Å². The normalized spacial score (nSPS) is 21.1. The zero-order valence-electron chi connectivity index (χ0n) is 10.1. The van der Waals surface area contributed by atoms with E-state index in [1.54, 1.807) is 0 Å². The second kappa shape index (κ2) is 4.85. The number of hydrogen-bond acceptors (Lipinski definition) is 4. The lowest BCUT2D eigenvalue weighted by Crippen LogP contribution is -2.14. The van der Waals surface area contributed by atoms with E-state index in [-0.39, 0.29) is 0 Å². The van der Waals surface area contributed by atoms with Crippen LogP contribution in [-0.2, 0) is 0 Å². The fourth-order valence-electron chi connectivity index (χ4n) is 2.65. The van der Waals surface area contributed by atoms with Gasteiger partial charge in [0.2, 0.25) is 0 Å². The molecule has 0 bridgehead atoms. The van der Waals surface area contributed by atoms with Crippen LogP contribution in [0, 0.1) is 0 Å². The van der Waals surface area contributed by atoms with E-state index >= 15 is 0 Å². The molecule has 96 valence electrons. The van der Waals surface area contributed by atoms with Gasteiger partial charge in [-0.25, -0.2) is 9.50 Å². The highest BCUT2D eigenvalue weighted by Crippen LogP contribution is 2.33. The first kappa shape index (κ1) is 11.9. The average molecular weight is 310 g/mol. The third kappa shape index (κ3) is 1.99. The number of nitrogens with one attached hydrogen (secondary N) is 1. The molecule has 0 radical (unpaired) electrons. The van der Waals surface area contributed by atoms with Gasteiger partial charge in [0, 0.05) is 16.1 Å². The highest BCUT2D eigenvalue weighted by molar-refractivity contribution is 9.10. The zero-order chi connectivity index (χ0) is 12.5. The fourth-order valence-corrected chi connectivity index (χ4v) is 3.26. The van der Waals surface area contributed by atoms with E-state index in [2.05, 4.69) is 37.4 Å². The standard InChI is InChI=1S/C12H16BrN5/c13-9-6-10(8-2-1-4-15-5-3-8)18-11(9)12(14)16-7-17-18/h6-8,15H,1-5H2,(H2,14,16,17). The molecule has 1 unspecified atom stereocenters. The Labute approximate surface area is 114 Å². The molecule has 1 atom stereocenters. The first-order chi connectivity index (χ1) is 8.77. The number of hydrogen-bond donors (Lipinski definition) is 2. The van der Waals surface area contributed by atoms with Crippen LogP contribution in [-0.4, -0.2) is 27.7 Å². The van der Waals surface area contributed by atoms with Gasteiger partial charge in [-0.15, -0.1) is 0 Å². The van der Waals surface area contributed by atoms with Crippen molar-refractivity contribution >= 4 is 27.3 Å². The zero-order valence-corrected chi connectivity index (χ0v) is 11.7. The van der Waals surface area contributed by atoms with Crippen LogP contribution in [0.15, 0.2) is 16.9 Å².